The smallest absolute Gasteiger partial charge is 0.262 e. The second-order valence-electron chi connectivity index (χ2n) is 2.23. The fraction of sp³-hybridized carbons (Fsp3) is 0.667. The molecule has 1 atom stereocenters. The number of likely N-dealkylation sites (N-methyl/N-ethyl adjacent to an activating group) is 1. The molecular formula is C6H11N3O. The van der Waals surface area contributed by atoms with Crippen LogP contribution in [0.15, 0.2) is 5.10 Å². The van der Waals surface area contributed by atoms with E-state index in [9.17, 15) is 4.79 Å². The molecule has 1 aliphatic rings. The predicted octanol–water partition coefficient (Wildman–Crippen LogP) is -0.230. The van der Waals surface area contributed by atoms with Crippen molar-refractivity contribution in [2.75, 3.05) is 6.54 Å². The molecule has 1 amide bonds. The maximum Gasteiger partial charge on any atom is 0.262 e. The molecule has 0 radical (unpaired) electrons. The van der Waals surface area contributed by atoms with E-state index in [-0.39, 0.29) is 11.9 Å². The predicted molar refractivity (Wildman–Crippen MR) is 38.5 cm³/mol. The van der Waals surface area contributed by atoms with Gasteiger partial charge in [-0.3, -0.25) is 4.79 Å². The molecule has 4 heteroatoms. The molecular weight excluding hydrogens is 130 g/mol. The van der Waals surface area contributed by atoms with Gasteiger partial charge in [-0.1, -0.05) is 0 Å². The highest BCUT2D eigenvalue weighted by atomic mass is 16.2. The number of hydrogen-bond donors (Lipinski definition) is 1. The number of carbonyl (C=O) groups is 1. The number of hydrazone groups is 1. The topological polar surface area (TPSA) is 44.7 Å². The molecule has 0 fully saturated rings. The van der Waals surface area contributed by atoms with Gasteiger partial charge in [-0.25, -0.2) is 5.43 Å². The average molecular weight is 141 g/mol. The summed E-state index contributed by atoms with van der Waals surface area (Å²) in [6, 6.07) is -0.0810. The minimum absolute atomic E-state index is 0.0376. The Morgan fingerprint density at radius 3 is 3.10 bits per heavy atom. The van der Waals surface area contributed by atoms with E-state index in [1.54, 1.807) is 6.34 Å². The Hall–Kier alpha value is -1.06. The molecule has 4 nitrogen and oxygen atoms in total. The lowest BCUT2D eigenvalue weighted by atomic mass is 10.3. The third-order valence-electron chi connectivity index (χ3n) is 1.62. The van der Waals surface area contributed by atoms with Gasteiger partial charge in [0.2, 0.25) is 0 Å². The highest BCUT2D eigenvalue weighted by molar-refractivity contribution is 5.86. The van der Waals surface area contributed by atoms with Gasteiger partial charge >= 0.3 is 0 Å². The number of hydrogen-bond acceptors (Lipinski definition) is 3. The summed E-state index contributed by atoms with van der Waals surface area (Å²) >= 11 is 0. The van der Waals surface area contributed by atoms with E-state index in [1.807, 2.05) is 18.7 Å². The quantitative estimate of drug-likeness (QED) is 0.548. The van der Waals surface area contributed by atoms with E-state index in [0.717, 1.165) is 6.54 Å². The maximum absolute atomic E-state index is 10.9. The molecule has 0 aromatic carbocycles. The van der Waals surface area contributed by atoms with Crippen LogP contribution in [0, 0.1) is 0 Å². The summed E-state index contributed by atoms with van der Waals surface area (Å²) in [6.07, 6.45) is 1.64. The summed E-state index contributed by atoms with van der Waals surface area (Å²) < 4.78 is 0. The molecule has 10 heavy (non-hydrogen) atoms. The van der Waals surface area contributed by atoms with Crippen molar-refractivity contribution < 1.29 is 4.79 Å². The van der Waals surface area contributed by atoms with Gasteiger partial charge < -0.3 is 4.90 Å². The first-order valence-corrected chi connectivity index (χ1v) is 3.34. The zero-order valence-electron chi connectivity index (χ0n) is 6.16. The number of carbonyl (C=O) groups excluding carboxylic acids is 1. The molecule has 0 spiro atoms. The van der Waals surface area contributed by atoms with Crippen molar-refractivity contribution >= 4 is 12.2 Å². The van der Waals surface area contributed by atoms with Crippen molar-refractivity contribution in [1.82, 2.24) is 10.3 Å². The van der Waals surface area contributed by atoms with Crippen LogP contribution in [0.25, 0.3) is 0 Å². The Morgan fingerprint density at radius 2 is 2.60 bits per heavy atom. The number of nitrogens with one attached hydrogen (secondary N) is 1. The lowest BCUT2D eigenvalue weighted by Gasteiger charge is -2.26. The van der Waals surface area contributed by atoms with Crippen LogP contribution in [0.3, 0.4) is 0 Å². The van der Waals surface area contributed by atoms with Crippen molar-refractivity contribution in [2.24, 2.45) is 5.10 Å². The Balaban J connectivity index is 2.66. The Bertz CT molecular complexity index is 166. The van der Waals surface area contributed by atoms with Gasteiger partial charge in [0, 0.05) is 6.54 Å². The molecule has 1 N–H and O–H groups in total. The van der Waals surface area contributed by atoms with E-state index in [1.165, 1.54) is 0 Å². The number of rotatable bonds is 1. The molecule has 0 saturated heterocycles. The molecule has 1 rings (SSSR count). The molecule has 56 valence electrons. The highest BCUT2D eigenvalue weighted by Gasteiger charge is 2.20. The second-order valence-corrected chi connectivity index (χ2v) is 2.23. The van der Waals surface area contributed by atoms with Gasteiger partial charge in [0.05, 0.1) is 0 Å². The van der Waals surface area contributed by atoms with Crippen molar-refractivity contribution in [3.8, 4) is 0 Å². The summed E-state index contributed by atoms with van der Waals surface area (Å²) in [5, 5.41) is 3.66. The fourth-order valence-electron chi connectivity index (χ4n) is 0.866. The van der Waals surface area contributed by atoms with Crippen molar-refractivity contribution in [3.05, 3.63) is 0 Å². The van der Waals surface area contributed by atoms with Crippen LogP contribution in [-0.2, 0) is 4.79 Å². The van der Waals surface area contributed by atoms with Crippen LogP contribution in [0.4, 0.5) is 0 Å². The van der Waals surface area contributed by atoms with E-state index < -0.39 is 0 Å². The number of amides is 1. The van der Waals surface area contributed by atoms with Crippen molar-refractivity contribution in [3.63, 3.8) is 0 Å². The standard InChI is InChI=1S/C6H11N3O/c1-3-9-4-7-8-6(10)5(9)2/h4-5H,3H2,1-2H3,(H,8,10)/t5-/m1/s1. The molecule has 0 aromatic heterocycles. The molecule has 1 aliphatic heterocycles. The van der Waals surface area contributed by atoms with Crippen molar-refractivity contribution in [2.45, 2.75) is 19.9 Å². The maximum atomic E-state index is 10.9. The van der Waals surface area contributed by atoms with Crippen LogP contribution in [0.1, 0.15) is 13.8 Å². The van der Waals surface area contributed by atoms with E-state index in [2.05, 4.69) is 10.5 Å². The van der Waals surface area contributed by atoms with Crippen LogP contribution < -0.4 is 5.43 Å². The summed E-state index contributed by atoms with van der Waals surface area (Å²) in [6.45, 7) is 4.66. The van der Waals surface area contributed by atoms with Gasteiger partial charge in [-0.05, 0) is 13.8 Å². The first-order valence-electron chi connectivity index (χ1n) is 3.34. The van der Waals surface area contributed by atoms with Gasteiger partial charge in [-0.15, -0.1) is 0 Å². The van der Waals surface area contributed by atoms with Crippen molar-refractivity contribution in [1.29, 1.82) is 0 Å². The van der Waals surface area contributed by atoms with Crippen LogP contribution in [0.5, 0.6) is 0 Å². The zero-order valence-corrected chi connectivity index (χ0v) is 6.16. The first kappa shape index (κ1) is 7.05. The zero-order chi connectivity index (χ0) is 7.56. The van der Waals surface area contributed by atoms with Gasteiger partial charge in [0.15, 0.2) is 0 Å². The normalized spacial score (nSPS) is 24.8. The van der Waals surface area contributed by atoms with E-state index in [0.29, 0.717) is 0 Å². The van der Waals surface area contributed by atoms with Crippen LogP contribution in [0.2, 0.25) is 0 Å². The Labute approximate surface area is 59.9 Å². The minimum Gasteiger partial charge on any atom is -0.350 e. The summed E-state index contributed by atoms with van der Waals surface area (Å²) in [4.78, 5) is 12.8. The van der Waals surface area contributed by atoms with Crippen LogP contribution >= 0.6 is 0 Å². The highest BCUT2D eigenvalue weighted by Crippen LogP contribution is 1.98. The Morgan fingerprint density at radius 1 is 1.90 bits per heavy atom. The molecule has 0 unspecified atom stereocenters. The van der Waals surface area contributed by atoms with Gasteiger partial charge in [0.1, 0.15) is 12.4 Å². The summed E-state index contributed by atoms with van der Waals surface area (Å²) in [7, 11) is 0. The lowest BCUT2D eigenvalue weighted by molar-refractivity contribution is -0.125. The van der Waals surface area contributed by atoms with Gasteiger partial charge in [-0.2, -0.15) is 5.10 Å². The molecule has 1 heterocycles. The molecule has 0 aliphatic carbocycles. The third kappa shape index (κ3) is 1.10. The van der Waals surface area contributed by atoms with E-state index in [4.69, 9.17) is 0 Å². The second kappa shape index (κ2) is 2.68. The monoisotopic (exact) mass is 141 g/mol. The van der Waals surface area contributed by atoms with E-state index >= 15 is 0 Å². The SMILES string of the molecule is CCN1C=NNC(=O)[C@H]1C. The third-order valence-corrected chi connectivity index (χ3v) is 1.62. The largest absolute Gasteiger partial charge is 0.350 e. The molecule has 0 bridgehead atoms. The summed E-state index contributed by atoms with van der Waals surface area (Å²) in [5.41, 5.74) is 2.38. The van der Waals surface area contributed by atoms with Gasteiger partial charge in [0.25, 0.3) is 5.91 Å². The minimum atomic E-state index is -0.0810. The van der Waals surface area contributed by atoms with Crippen LogP contribution in [-0.4, -0.2) is 29.7 Å². The molecule has 0 saturated carbocycles. The number of nitrogens with zero attached hydrogens (tertiary/aromatic N) is 2. The molecule has 0 aromatic rings. The first-order chi connectivity index (χ1) is 4.75. The fourth-order valence-corrected chi connectivity index (χ4v) is 0.866. The lowest BCUT2D eigenvalue weighted by Crippen LogP contribution is -2.47. The summed E-state index contributed by atoms with van der Waals surface area (Å²) in [5.74, 6) is -0.0376. The Kier molecular flexibility index (Phi) is 1.89. The average Bonchev–Trinajstić information content (AvgIpc) is 1.95.